The molecule has 1 N–H and O–H groups in total. The van der Waals surface area contributed by atoms with E-state index in [0.717, 1.165) is 0 Å². The Balaban J connectivity index is 2.41. The van der Waals surface area contributed by atoms with Gasteiger partial charge in [0.05, 0.1) is 6.61 Å². The number of methoxy groups -OCH3 is 1. The van der Waals surface area contributed by atoms with E-state index in [2.05, 4.69) is 4.40 Å². The number of ether oxygens (including phenoxy) is 1. The summed E-state index contributed by atoms with van der Waals surface area (Å²) < 4.78 is 32.5. The van der Waals surface area contributed by atoms with Gasteiger partial charge < -0.3 is 14.7 Å². The number of carboxylic acids is 1. The lowest BCUT2D eigenvalue weighted by molar-refractivity contribution is -0.137. The van der Waals surface area contributed by atoms with Crippen molar-refractivity contribution in [2.45, 2.75) is 4.90 Å². The molecule has 0 aromatic heterocycles. The molecule has 0 radical (unpaired) electrons. The van der Waals surface area contributed by atoms with Crippen LogP contribution in [0.15, 0.2) is 33.6 Å². The zero-order valence-electron chi connectivity index (χ0n) is 10.8. The maximum Gasteiger partial charge on any atom is 0.323 e. The average Bonchev–Trinajstić information content (AvgIpc) is 2.67. The van der Waals surface area contributed by atoms with Crippen molar-refractivity contribution in [3.63, 3.8) is 0 Å². The minimum absolute atomic E-state index is 0.0998. The largest absolute Gasteiger partial charge is 0.480 e. The first kappa shape index (κ1) is 14.5. The van der Waals surface area contributed by atoms with Gasteiger partial charge in [-0.3, -0.25) is 4.79 Å². The van der Waals surface area contributed by atoms with Gasteiger partial charge in [0.2, 0.25) is 0 Å². The van der Waals surface area contributed by atoms with E-state index in [1.54, 1.807) is 18.2 Å². The molecule has 0 fully saturated rings. The zero-order chi connectivity index (χ0) is 14.8. The van der Waals surface area contributed by atoms with Gasteiger partial charge in [-0.15, -0.1) is 4.40 Å². The Labute approximate surface area is 116 Å². The summed E-state index contributed by atoms with van der Waals surface area (Å²) >= 11 is 0. The second-order valence-corrected chi connectivity index (χ2v) is 5.77. The van der Waals surface area contributed by atoms with Gasteiger partial charge in [-0.05, 0) is 12.1 Å². The molecule has 0 saturated heterocycles. The number of rotatable bonds is 5. The monoisotopic (exact) mass is 298 g/mol. The lowest BCUT2D eigenvalue weighted by atomic mass is 10.2. The Kier molecular flexibility index (Phi) is 4.05. The zero-order valence-corrected chi connectivity index (χ0v) is 11.6. The predicted octanol–water partition coefficient (Wildman–Crippen LogP) is 0.169. The first-order valence-corrected chi connectivity index (χ1v) is 7.30. The number of carboxylic acid groups (broad SMARTS) is 1. The molecule has 0 amide bonds. The number of hydrogen-bond acceptors (Lipinski definition) is 5. The highest BCUT2D eigenvalue weighted by Gasteiger charge is 2.32. The van der Waals surface area contributed by atoms with Crippen molar-refractivity contribution in [2.75, 3.05) is 26.8 Å². The molecule has 1 aliphatic heterocycles. The number of aliphatic carboxylic acids is 1. The molecule has 8 heteroatoms. The van der Waals surface area contributed by atoms with Gasteiger partial charge in [0.25, 0.3) is 10.0 Å². The lowest BCUT2D eigenvalue weighted by Gasteiger charge is -2.21. The van der Waals surface area contributed by atoms with Crippen LogP contribution in [0, 0.1) is 0 Å². The Morgan fingerprint density at radius 2 is 2.10 bits per heavy atom. The van der Waals surface area contributed by atoms with Crippen LogP contribution in [0.1, 0.15) is 5.56 Å². The SMILES string of the molecule is COCCN(CC(=O)O)C1=NS(=O)(=O)c2ccccc21. The minimum atomic E-state index is -3.75. The van der Waals surface area contributed by atoms with Crippen molar-refractivity contribution in [3.05, 3.63) is 29.8 Å². The van der Waals surface area contributed by atoms with E-state index < -0.39 is 16.0 Å². The van der Waals surface area contributed by atoms with E-state index in [-0.39, 0.29) is 30.4 Å². The topological polar surface area (TPSA) is 96.3 Å². The number of fused-ring (bicyclic) bond motifs is 1. The van der Waals surface area contributed by atoms with Crippen molar-refractivity contribution in [2.24, 2.45) is 4.40 Å². The predicted molar refractivity (Wildman–Crippen MR) is 71.2 cm³/mol. The third-order valence-electron chi connectivity index (χ3n) is 2.80. The Bertz CT molecular complexity index is 654. The third-order valence-corrected chi connectivity index (χ3v) is 4.13. The normalized spacial score (nSPS) is 15.6. The van der Waals surface area contributed by atoms with Crippen molar-refractivity contribution < 1.29 is 23.1 Å². The van der Waals surface area contributed by atoms with Crippen LogP contribution in [0.25, 0.3) is 0 Å². The van der Waals surface area contributed by atoms with E-state index in [1.165, 1.54) is 18.1 Å². The summed E-state index contributed by atoms with van der Waals surface area (Å²) in [5.41, 5.74) is 0.421. The van der Waals surface area contributed by atoms with Crippen molar-refractivity contribution in [1.29, 1.82) is 0 Å². The molecular formula is C12H14N2O5S. The van der Waals surface area contributed by atoms with Gasteiger partial charge in [-0.2, -0.15) is 8.42 Å². The molecule has 0 saturated carbocycles. The second kappa shape index (κ2) is 5.59. The van der Waals surface area contributed by atoms with Crippen LogP contribution >= 0.6 is 0 Å². The molecule has 1 heterocycles. The summed E-state index contributed by atoms with van der Waals surface area (Å²) in [7, 11) is -2.26. The van der Waals surface area contributed by atoms with Crippen LogP contribution in [0.3, 0.4) is 0 Å². The highest BCUT2D eigenvalue weighted by molar-refractivity contribution is 7.90. The Morgan fingerprint density at radius 1 is 1.40 bits per heavy atom. The average molecular weight is 298 g/mol. The Morgan fingerprint density at radius 3 is 2.75 bits per heavy atom. The minimum Gasteiger partial charge on any atom is -0.480 e. The lowest BCUT2D eigenvalue weighted by Crippen LogP contribution is -2.37. The quantitative estimate of drug-likeness (QED) is 0.832. The van der Waals surface area contributed by atoms with Crippen molar-refractivity contribution >= 4 is 21.8 Å². The number of amidine groups is 1. The summed E-state index contributed by atoms with van der Waals surface area (Å²) in [4.78, 5) is 12.4. The van der Waals surface area contributed by atoms with Crippen LogP contribution in [0.2, 0.25) is 0 Å². The smallest absolute Gasteiger partial charge is 0.323 e. The van der Waals surface area contributed by atoms with Crippen LogP contribution in [-0.2, 0) is 19.6 Å². The van der Waals surface area contributed by atoms with Crippen molar-refractivity contribution in [1.82, 2.24) is 4.90 Å². The molecule has 0 atom stereocenters. The van der Waals surface area contributed by atoms with E-state index in [0.29, 0.717) is 5.56 Å². The number of nitrogens with zero attached hydrogens (tertiary/aromatic N) is 2. The molecular weight excluding hydrogens is 284 g/mol. The van der Waals surface area contributed by atoms with Crippen LogP contribution in [0.5, 0.6) is 0 Å². The first-order valence-electron chi connectivity index (χ1n) is 5.86. The van der Waals surface area contributed by atoms with Gasteiger partial charge >= 0.3 is 5.97 Å². The van der Waals surface area contributed by atoms with Crippen LogP contribution in [0.4, 0.5) is 0 Å². The van der Waals surface area contributed by atoms with Gasteiger partial charge in [0.1, 0.15) is 11.4 Å². The van der Waals surface area contributed by atoms with E-state index in [9.17, 15) is 13.2 Å². The standard InChI is InChI=1S/C12H14N2O5S/c1-19-7-6-14(8-11(15)16)12-9-4-2-3-5-10(9)20(17,18)13-12/h2-5H,6-8H2,1H3,(H,15,16). The maximum absolute atomic E-state index is 11.9. The summed E-state index contributed by atoms with van der Waals surface area (Å²) in [6.07, 6.45) is 0. The molecule has 0 aliphatic carbocycles. The summed E-state index contributed by atoms with van der Waals surface area (Å²) in [5, 5.41) is 8.93. The Hall–Kier alpha value is -1.93. The van der Waals surface area contributed by atoms with Gasteiger partial charge in [0.15, 0.2) is 5.84 Å². The number of benzene rings is 1. The fourth-order valence-corrected chi connectivity index (χ4v) is 3.17. The molecule has 1 aromatic rings. The number of sulfonamides is 1. The fourth-order valence-electron chi connectivity index (χ4n) is 1.94. The van der Waals surface area contributed by atoms with Gasteiger partial charge in [0, 0.05) is 19.2 Å². The van der Waals surface area contributed by atoms with Crippen LogP contribution < -0.4 is 0 Å². The molecule has 1 aliphatic rings. The van der Waals surface area contributed by atoms with E-state index in [4.69, 9.17) is 9.84 Å². The molecule has 1 aromatic carbocycles. The third kappa shape index (κ3) is 2.81. The maximum atomic E-state index is 11.9. The molecule has 2 rings (SSSR count). The summed E-state index contributed by atoms with van der Waals surface area (Å²) in [5.74, 6) is -0.911. The van der Waals surface area contributed by atoms with Gasteiger partial charge in [-0.25, -0.2) is 0 Å². The van der Waals surface area contributed by atoms with E-state index in [1.807, 2.05) is 0 Å². The second-order valence-electron chi connectivity index (χ2n) is 4.19. The molecule has 0 bridgehead atoms. The molecule has 0 unspecified atom stereocenters. The van der Waals surface area contributed by atoms with Crippen LogP contribution in [-0.4, -0.2) is 57.0 Å². The molecule has 7 nitrogen and oxygen atoms in total. The molecule has 0 spiro atoms. The van der Waals surface area contributed by atoms with E-state index >= 15 is 0 Å². The summed E-state index contributed by atoms with van der Waals surface area (Å²) in [6, 6.07) is 6.35. The number of carbonyl (C=O) groups is 1. The van der Waals surface area contributed by atoms with Crippen molar-refractivity contribution in [3.8, 4) is 0 Å². The van der Waals surface area contributed by atoms with Gasteiger partial charge in [-0.1, -0.05) is 12.1 Å². The fraction of sp³-hybridized carbons (Fsp3) is 0.333. The molecule has 108 valence electrons. The highest BCUT2D eigenvalue weighted by Crippen LogP contribution is 2.27. The molecule has 20 heavy (non-hydrogen) atoms. The first-order chi connectivity index (χ1) is 9.45. The highest BCUT2D eigenvalue weighted by atomic mass is 32.2. The number of hydrogen-bond donors (Lipinski definition) is 1. The summed E-state index contributed by atoms with van der Waals surface area (Å²) in [6.45, 7) is 0.173.